The van der Waals surface area contributed by atoms with Crippen molar-refractivity contribution in [2.45, 2.75) is 0 Å². The summed E-state index contributed by atoms with van der Waals surface area (Å²) in [6.45, 7) is 0. The monoisotopic (exact) mass is 312 g/mol. The summed E-state index contributed by atoms with van der Waals surface area (Å²) >= 11 is 5.03. The molecule has 2 rings (SSSR count). The van der Waals surface area contributed by atoms with Crippen LogP contribution in [0.1, 0.15) is 15.9 Å². The lowest BCUT2D eigenvalue weighted by molar-refractivity contribution is 0.0941. The smallest absolute Gasteiger partial charge is 0.273 e. The SMILES string of the molecule is N#Cc1ccc(NC(=S)NNC(=O)c2ccccc2O)cc1. The number of hydrazine groups is 1. The summed E-state index contributed by atoms with van der Waals surface area (Å²) in [5.41, 5.74) is 6.26. The lowest BCUT2D eigenvalue weighted by Gasteiger charge is -2.12. The quantitative estimate of drug-likeness (QED) is 0.499. The van der Waals surface area contributed by atoms with Gasteiger partial charge in [-0.3, -0.25) is 15.6 Å². The standard InChI is InChI=1S/C15H12N4O2S/c16-9-10-5-7-11(8-6-10)17-15(22)19-18-14(21)12-3-1-2-4-13(12)20/h1-8,20H,(H,18,21)(H2,17,19,22). The van der Waals surface area contributed by atoms with Crippen molar-refractivity contribution in [1.82, 2.24) is 10.9 Å². The highest BCUT2D eigenvalue weighted by Crippen LogP contribution is 2.14. The lowest BCUT2D eigenvalue weighted by atomic mass is 10.2. The van der Waals surface area contributed by atoms with E-state index >= 15 is 0 Å². The van der Waals surface area contributed by atoms with Crippen LogP contribution in [0.3, 0.4) is 0 Å². The first kappa shape index (κ1) is 15.3. The van der Waals surface area contributed by atoms with Gasteiger partial charge in [-0.05, 0) is 48.6 Å². The van der Waals surface area contributed by atoms with Crippen molar-refractivity contribution in [3.63, 3.8) is 0 Å². The fourth-order valence-corrected chi connectivity index (χ4v) is 1.81. The van der Waals surface area contributed by atoms with E-state index in [1.807, 2.05) is 6.07 Å². The molecule has 0 atom stereocenters. The zero-order chi connectivity index (χ0) is 15.9. The van der Waals surface area contributed by atoms with Gasteiger partial charge in [0, 0.05) is 5.69 Å². The van der Waals surface area contributed by atoms with Gasteiger partial charge in [-0.25, -0.2) is 0 Å². The molecule has 0 aromatic heterocycles. The van der Waals surface area contributed by atoms with E-state index in [9.17, 15) is 9.90 Å². The highest BCUT2D eigenvalue weighted by Gasteiger charge is 2.09. The second-order valence-corrected chi connectivity index (χ2v) is 4.65. The molecule has 2 aromatic rings. The second kappa shape index (κ2) is 7.06. The molecule has 110 valence electrons. The van der Waals surface area contributed by atoms with Crippen LogP contribution >= 0.6 is 12.2 Å². The molecule has 2 aromatic carbocycles. The highest BCUT2D eigenvalue weighted by molar-refractivity contribution is 7.80. The fourth-order valence-electron chi connectivity index (χ4n) is 1.64. The number of rotatable bonds is 2. The summed E-state index contributed by atoms with van der Waals surface area (Å²) in [6.07, 6.45) is 0. The minimum Gasteiger partial charge on any atom is -0.507 e. The molecule has 0 heterocycles. The van der Waals surface area contributed by atoms with E-state index in [0.29, 0.717) is 11.3 Å². The van der Waals surface area contributed by atoms with Gasteiger partial charge in [-0.2, -0.15) is 5.26 Å². The molecule has 0 aliphatic carbocycles. The molecule has 22 heavy (non-hydrogen) atoms. The third kappa shape index (κ3) is 3.94. The maximum absolute atomic E-state index is 11.8. The molecule has 1 amide bonds. The van der Waals surface area contributed by atoms with Crippen LogP contribution in [0.15, 0.2) is 48.5 Å². The Bertz CT molecular complexity index is 738. The normalized spacial score (nSPS) is 9.41. The number of carbonyl (C=O) groups excluding carboxylic acids is 1. The van der Waals surface area contributed by atoms with Crippen molar-refractivity contribution < 1.29 is 9.90 Å². The predicted molar refractivity (Wildman–Crippen MR) is 86.1 cm³/mol. The summed E-state index contributed by atoms with van der Waals surface area (Å²) in [7, 11) is 0. The molecule has 0 saturated carbocycles. The Morgan fingerprint density at radius 3 is 2.41 bits per heavy atom. The maximum Gasteiger partial charge on any atom is 0.273 e. The maximum atomic E-state index is 11.8. The molecular weight excluding hydrogens is 300 g/mol. The average molecular weight is 312 g/mol. The minimum absolute atomic E-state index is 0.118. The van der Waals surface area contributed by atoms with E-state index in [1.165, 1.54) is 12.1 Å². The highest BCUT2D eigenvalue weighted by atomic mass is 32.1. The number of thiocarbonyl (C=S) groups is 1. The second-order valence-electron chi connectivity index (χ2n) is 4.24. The summed E-state index contributed by atoms with van der Waals surface area (Å²) in [5, 5.41) is 21.3. The van der Waals surface area contributed by atoms with Crippen LogP contribution < -0.4 is 16.2 Å². The Balaban J connectivity index is 1.89. The van der Waals surface area contributed by atoms with Crippen LogP contribution in [0.25, 0.3) is 0 Å². The number of nitriles is 1. The number of nitrogens with one attached hydrogen (secondary N) is 3. The number of anilines is 1. The van der Waals surface area contributed by atoms with Gasteiger partial charge in [0.2, 0.25) is 0 Å². The number of phenols is 1. The first-order valence-electron chi connectivity index (χ1n) is 6.25. The molecule has 0 bridgehead atoms. The summed E-state index contributed by atoms with van der Waals surface area (Å²) in [5.74, 6) is -0.630. The van der Waals surface area contributed by atoms with Crippen LogP contribution in [0.4, 0.5) is 5.69 Å². The van der Waals surface area contributed by atoms with E-state index in [0.717, 1.165) is 0 Å². The van der Waals surface area contributed by atoms with Crippen molar-refractivity contribution in [1.29, 1.82) is 5.26 Å². The summed E-state index contributed by atoms with van der Waals surface area (Å²) in [6, 6.07) is 14.9. The molecule has 7 heteroatoms. The Kier molecular flexibility index (Phi) is 4.90. The average Bonchev–Trinajstić information content (AvgIpc) is 2.54. The van der Waals surface area contributed by atoms with Gasteiger partial charge in [0.15, 0.2) is 5.11 Å². The van der Waals surface area contributed by atoms with Gasteiger partial charge in [0.1, 0.15) is 5.75 Å². The topological polar surface area (TPSA) is 97.2 Å². The van der Waals surface area contributed by atoms with Gasteiger partial charge >= 0.3 is 0 Å². The zero-order valence-corrected chi connectivity index (χ0v) is 12.1. The molecule has 0 aliphatic rings. The molecular formula is C15H12N4O2S. The predicted octanol–water partition coefficient (Wildman–Crippen LogP) is 1.90. The minimum atomic E-state index is -0.512. The van der Waals surface area contributed by atoms with Crippen LogP contribution in [-0.4, -0.2) is 16.1 Å². The van der Waals surface area contributed by atoms with Crippen LogP contribution in [0, 0.1) is 11.3 Å². The van der Waals surface area contributed by atoms with E-state index < -0.39 is 5.91 Å². The van der Waals surface area contributed by atoms with Gasteiger partial charge in [0.25, 0.3) is 5.91 Å². The van der Waals surface area contributed by atoms with Gasteiger partial charge in [0.05, 0.1) is 17.2 Å². The van der Waals surface area contributed by atoms with Crippen molar-refractivity contribution in [2.24, 2.45) is 0 Å². The Morgan fingerprint density at radius 1 is 1.09 bits per heavy atom. The van der Waals surface area contributed by atoms with Crippen LogP contribution in [0.5, 0.6) is 5.75 Å². The number of amides is 1. The van der Waals surface area contributed by atoms with E-state index in [1.54, 1.807) is 36.4 Å². The number of hydrogen-bond acceptors (Lipinski definition) is 4. The van der Waals surface area contributed by atoms with Crippen molar-refractivity contribution in [3.05, 3.63) is 59.7 Å². The van der Waals surface area contributed by atoms with Gasteiger partial charge in [-0.15, -0.1) is 0 Å². The molecule has 0 unspecified atom stereocenters. The number of benzene rings is 2. The number of hydrogen-bond donors (Lipinski definition) is 4. The largest absolute Gasteiger partial charge is 0.507 e. The summed E-state index contributed by atoms with van der Waals surface area (Å²) < 4.78 is 0. The molecule has 0 fully saturated rings. The third-order valence-corrected chi connectivity index (χ3v) is 2.91. The van der Waals surface area contributed by atoms with Crippen molar-refractivity contribution in [2.75, 3.05) is 5.32 Å². The van der Waals surface area contributed by atoms with Crippen LogP contribution in [0.2, 0.25) is 0 Å². The number of aromatic hydroxyl groups is 1. The molecule has 0 spiro atoms. The Morgan fingerprint density at radius 2 is 1.77 bits per heavy atom. The van der Waals surface area contributed by atoms with Crippen LogP contribution in [-0.2, 0) is 0 Å². The summed E-state index contributed by atoms with van der Waals surface area (Å²) in [4.78, 5) is 11.8. The third-order valence-electron chi connectivity index (χ3n) is 2.71. The number of carbonyl (C=O) groups is 1. The molecule has 0 saturated heterocycles. The first-order valence-corrected chi connectivity index (χ1v) is 6.66. The lowest BCUT2D eigenvalue weighted by Crippen LogP contribution is -2.43. The van der Waals surface area contributed by atoms with Gasteiger partial charge in [-0.1, -0.05) is 12.1 Å². The fraction of sp³-hybridized carbons (Fsp3) is 0. The van der Waals surface area contributed by atoms with Crippen molar-refractivity contribution in [3.8, 4) is 11.8 Å². The molecule has 4 N–H and O–H groups in total. The van der Waals surface area contributed by atoms with E-state index in [2.05, 4.69) is 16.2 Å². The van der Waals surface area contributed by atoms with E-state index in [4.69, 9.17) is 17.5 Å². The Hall–Kier alpha value is -3.11. The first-order chi connectivity index (χ1) is 10.6. The Labute approximate surface area is 132 Å². The number of phenolic OH excluding ortho intramolecular Hbond substituents is 1. The molecule has 6 nitrogen and oxygen atoms in total. The number of para-hydroxylation sites is 1. The number of nitrogens with zero attached hydrogens (tertiary/aromatic N) is 1. The van der Waals surface area contributed by atoms with Gasteiger partial charge < -0.3 is 10.4 Å². The zero-order valence-electron chi connectivity index (χ0n) is 11.3. The van der Waals surface area contributed by atoms with E-state index in [-0.39, 0.29) is 16.4 Å². The van der Waals surface area contributed by atoms with Crippen molar-refractivity contribution >= 4 is 28.9 Å². The molecule has 0 aliphatic heterocycles. The molecule has 0 radical (unpaired) electrons.